The molecule has 108 valence electrons. The van der Waals surface area contributed by atoms with Gasteiger partial charge in [-0.1, -0.05) is 6.92 Å². The number of nitrogens with two attached hydrogens (primary N) is 1. The Hall–Kier alpha value is -2.18. The van der Waals surface area contributed by atoms with Gasteiger partial charge in [0.1, 0.15) is 11.5 Å². The van der Waals surface area contributed by atoms with Crippen LogP contribution in [0, 0.1) is 27.8 Å². The quantitative estimate of drug-likeness (QED) is 0.519. The number of nitrogen functional groups attached to an aromatic ring is 1. The molecule has 7 heteroatoms. The Kier molecular flexibility index (Phi) is 3.61. The zero-order valence-corrected chi connectivity index (χ0v) is 11.3. The summed E-state index contributed by atoms with van der Waals surface area (Å²) in [7, 11) is 1.59. The maximum atomic E-state index is 13.4. The molecule has 0 saturated heterocycles. The Balaban J connectivity index is 2.27. The van der Waals surface area contributed by atoms with Crippen molar-refractivity contribution < 1.29 is 14.1 Å². The molecule has 2 rings (SSSR count). The molecule has 0 spiro atoms. The van der Waals surface area contributed by atoms with E-state index in [1.54, 1.807) is 7.05 Å². The van der Waals surface area contributed by atoms with Crippen LogP contribution in [0.4, 0.5) is 15.8 Å². The third kappa shape index (κ3) is 2.71. The standard InChI is InChI=1S/C13H16FN3O3/c1-7-3-8(7)6-16(2)13(18)10-4-9(14)5-11(12(10)15)17(19)20/h4-5,7-8H,3,6,15H2,1-2H3. The molecule has 2 unspecified atom stereocenters. The van der Waals surface area contributed by atoms with Crippen LogP contribution in [0.3, 0.4) is 0 Å². The van der Waals surface area contributed by atoms with Crippen molar-refractivity contribution in [1.82, 2.24) is 4.90 Å². The Morgan fingerprint density at radius 3 is 2.70 bits per heavy atom. The van der Waals surface area contributed by atoms with Gasteiger partial charge in [-0.3, -0.25) is 14.9 Å². The number of hydrogen-bond acceptors (Lipinski definition) is 4. The summed E-state index contributed by atoms with van der Waals surface area (Å²) in [5.41, 5.74) is 4.57. The van der Waals surface area contributed by atoms with Crippen molar-refractivity contribution >= 4 is 17.3 Å². The average Bonchev–Trinajstić information content (AvgIpc) is 3.06. The zero-order chi connectivity index (χ0) is 15.0. The second-order valence-corrected chi connectivity index (χ2v) is 5.30. The van der Waals surface area contributed by atoms with E-state index in [0.717, 1.165) is 18.6 Å². The zero-order valence-electron chi connectivity index (χ0n) is 11.3. The largest absolute Gasteiger partial charge is 0.393 e. The fraction of sp³-hybridized carbons (Fsp3) is 0.462. The van der Waals surface area contributed by atoms with Crippen LogP contribution in [0.5, 0.6) is 0 Å². The number of halogens is 1. The van der Waals surface area contributed by atoms with Gasteiger partial charge in [0.25, 0.3) is 11.6 Å². The summed E-state index contributed by atoms with van der Waals surface area (Å²) in [4.78, 5) is 23.6. The van der Waals surface area contributed by atoms with E-state index in [9.17, 15) is 19.3 Å². The Bertz CT molecular complexity index is 576. The number of carbonyl (C=O) groups is 1. The van der Waals surface area contributed by atoms with Gasteiger partial charge < -0.3 is 10.6 Å². The first-order valence-corrected chi connectivity index (χ1v) is 6.30. The summed E-state index contributed by atoms with van der Waals surface area (Å²) in [6, 6.07) is 1.66. The van der Waals surface area contributed by atoms with Crippen molar-refractivity contribution in [3.63, 3.8) is 0 Å². The van der Waals surface area contributed by atoms with Gasteiger partial charge in [0.05, 0.1) is 16.6 Å². The second-order valence-electron chi connectivity index (χ2n) is 5.30. The number of nitrogens with zero attached hydrogens (tertiary/aromatic N) is 2. The van der Waals surface area contributed by atoms with E-state index in [-0.39, 0.29) is 11.3 Å². The SMILES string of the molecule is CC1CC1CN(C)C(=O)c1cc(F)cc([N+](=O)[O-])c1N. The number of amides is 1. The highest BCUT2D eigenvalue weighted by Gasteiger charge is 2.35. The number of benzene rings is 1. The van der Waals surface area contributed by atoms with E-state index in [1.165, 1.54) is 4.90 Å². The molecule has 1 aliphatic rings. The Morgan fingerprint density at radius 1 is 1.60 bits per heavy atom. The highest BCUT2D eigenvalue weighted by molar-refractivity contribution is 6.00. The first kappa shape index (κ1) is 14.2. The molecule has 6 nitrogen and oxygen atoms in total. The van der Waals surface area contributed by atoms with E-state index in [0.29, 0.717) is 18.4 Å². The minimum Gasteiger partial charge on any atom is -0.393 e. The summed E-state index contributed by atoms with van der Waals surface area (Å²) >= 11 is 0. The average molecular weight is 281 g/mol. The lowest BCUT2D eigenvalue weighted by Crippen LogP contribution is -2.30. The molecule has 1 saturated carbocycles. The van der Waals surface area contributed by atoms with E-state index in [4.69, 9.17) is 5.73 Å². The van der Waals surface area contributed by atoms with Crippen LogP contribution in [-0.4, -0.2) is 29.3 Å². The maximum Gasteiger partial charge on any atom is 0.295 e. The first-order valence-electron chi connectivity index (χ1n) is 6.30. The smallest absolute Gasteiger partial charge is 0.295 e. The maximum absolute atomic E-state index is 13.4. The van der Waals surface area contributed by atoms with Crippen LogP contribution in [-0.2, 0) is 0 Å². The molecule has 0 bridgehead atoms. The predicted molar refractivity (Wildman–Crippen MR) is 71.7 cm³/mol. The molecule has 1 aliphatic carbocycles. The van der Waals surface area contributed by atoms with E-state index in [2.05, 4.69) is 6.92 Å². The van der Waals surface area contributed by atoms with Crippen LogP contribution < -0.4 is 5.73 Å². The molecular weight excluding hydrogens is 265 g/mol. The normalized spacial score (nSPS) is 20.6. The molecule has 20 heavy (non-hydrogen) atoms. The number of nitro benzene ring substituents is 1. The number of carbonyl (C=O) groups excluding carboxylic acids is 1. The minimum absolute atomic E-state index is 0.160. The molecule has 2 atom stereocenters. The molecule has 1 aromatic rings. The Labute approximate surface area is 115 Å². The molecule has 1 fully saturated rings. The predicted octanol–water partition coefficient (Wildman–Crippen LogP) is 2.04. The van der Waals surface area contributed by atoms with Crippen molar-refractivity contribution in [2.24, 2.45) is 11.8 Å². The highest BCUT2D eigenvalue weighted by Crippen LogP contribution is 2.38. The molecule has 2 N–H and O–H groups in total. The van der Waals surface area contributed by atoms with Gasteiger partial charge in [0.15, 0.2) is 0 Å². The number of nitro groups is 1. The molecule has 1 amide bonds. The number of hydrogen-bond donors (Lipinski definition) is 1. The Morgan fingerprint density at radius 2 is 2.20 bits per heavy atom. The first-order chi connectivity index (χ1) is 9.31. The molecular formula is C13H16FN3O3. The fourth-order valence-electron chi connectivity index (χ4n) is 2.23. The third-order valence-corrected chi connectivity index (χ3v) is 3.68. The topological polar surface area (TPSA) is 89.5 Å². The van der Waals surface area contributed by atoms with E-state index < -0.39 is 22.3 Å². The molecule has 1 aromatic carbocycles. The van der Waals surface area contributed by atoms with Crippen molar-refractivity contribution in [1.29, 1.82) is 0 Å². The molecule has 0 radical (unpaired) electrons. The van der Waals surface area contributed by atoms with Crippen molar-refractivity contribution in [2.45, 2.75) is 13.3 Å². The van der Waals surface area contributed by atoms with Gasteiger partial charge in [-0.15, -0.1) is 0 Å². The summed E-state index contributed by atoms with van der Waals surface area (Å²) in [6.45, 7) is 2.63. The molecule has 0 heterocycles. The monoisotopic (exact) mass is 281 g/mol. The van der Waals surface area contributed by atoms with Crippen molar-refractivity contribution in [3.8, 4) is 0 Å². The van der Waals surface area contributed by atoms with Crippen LogP contribution in [0.1, 0.15) is 23.7 Å². The van der Waals surface area contributed by atoms with Gasteiger partial charge in [-0.2, -0.15) is 0 Å². The van der Waals surface area contributed by atoms with E-state index in [1.807, 2.05) is 0 Å². The summed E-state index contributed by atoms with van der Waals surface area (Å²) in [5.74, 6) is -0.329. The van der Waals surface area contributed by atoms with Gasteiger partial charge in [0, 0.05) is 13.6 Å². The van der Waals surface area contributed by atoms with Crippen LogP contribution in [0.15, 0.2) is 12.1 Å². The fourth-order valence-corrected chi connectivity index (χ4v) is 2.23. The minimum atomic E-state index is -0.845. The molecule has 0 aromatic heterocycles. The highest BCUT2D eigenvalue weighted by atomic mass is 19.1. The molecule has 0 aliphatic heterocycles. The van der Waals surface area contributed by atoms with Gasteiger partial charge >= 0.3 is 0 Å². The van der Waals surface area contributed by atoms with E-state index >= 15 is 0 Å². The lowest BCUT2D eigenvalue weighted by molar-refractivity contribution is -0.384. The second kappa shape index (κ2) is 5.07. The number of anilines is 1. The van der Waals surface area contributed by atoms with Gasteiger partial charge in [-0.25, -0.2) is 4.39 Å². The number of rotatable bonds is 4. The third-order valence-electron chi connectivity index (χ3n) is 3.68. The van der Waals surface area contributed by atoms with Gasteiger partial charge in [-0.05, 0) is 24.3 Å². The summed E-state index contributed by atoms with van der Waals surface area (Å²) < 4.78 is 13.4. The van der Waals surface area contributed by atoms with Gasteiger partial charge in [0.2, 0.25) is 0 Å². The lowest BCUT2D eigenvalue weighted by Gasteiger charge is -2.18. The van der Waals surface area contributed by atoms with Crippen LogP contribution in [0.2, 0.25) is 0 Å². The summed E-state index contributed by atoms with van der Waals surface area (Å²) in [5, 5.41) is 10.8. The van der Waals surface area contributed by atoms with Crippen molar-refractivity contribution in [2.75, 3.05) is 19.3 Å². The van der Waals surface area contributed by atoms with Crippen molar-refractivity contribution in [3.05, 3.63) is 33.6 Å². The van der Waals surface area contributed by atoms with Crippen LogP contribution in [0.25, 0.3) is 0 Å². The lowest BCUT2D eigenvalue weighted by atomic mass is 10.1. The summed E-state index contributed by atoms with van der Waals surface area (Å²) in [6.07, 6.45) is 1.05. The van der Waals surface area contributed by atoms with Crippen LogP contribution >= 0.6 is 0 Å².